The summed E-state index contributed by atoms with van der Waals surface area (Å²) in [4.78, 5) is 0. The summed E-state index contributed by atoms with van der Waals surface area (Å²) in [5.74, 6) is -6.29. The maximum Gasteiger partial charge on any atom is 0.293 e. The Morgan fingerprint density at radius 2 is 1.70 bits per heavy atom. The molecule has 0 heterocycles. The van der Waals surface area contributed by atoms with E-state index in [9.17, 15) is 26.5 Å². The maximum absolute atomic E-state index is 14.4. The Balaban J connectivity index is 3.18. The molecule has 0 saturated heterocycles. The van der Waals surface area contributed by atoms with Gasteiger partial charge in [0.05, 0.1) is 0 Å². The second-order valence-electron chi connectivity index (χ2n) is 5.12. The van der Waals surface area contributed by atoms with E-state index in [0.717, 1.165) is 0 Å². The Morgan fingerprint density at radius 3 is 2.10 bits per heavy atom. The van der Waals surface area contributed by atoms with Crippen molar-refractivity contribution in [2.24, 2.45) is 0 Å². The van der Waals surface area contributed by atoms with Gasteiger partial charge in [0.1, 0.15) is 4.75 Å². The smallest absolute Gasteiger partial charge is 0.293 e. The zero-order valence-corrected chi connectivity index (χ0v) is 11.8. The first-order valence-corrected chi connectivity index (χ1v) is 6.75. The summed E-state index contributed by atoms with van der Waals surface area (Å²) in [5.41, 5.74) is -0.830. The average molecular weight is 315 g/mol. The van der Waals surface area contributed by atoms with Gasteiger partial charge in [0, 0.05) is 16.9 Å². The van der Waals surface area contributed by atoms with E-state index in [1.165, 1.54) is 20.8 Å². The third kappa shape index (κ3) is 3.62. The minimum absolute atomic E-state index is 0.314. The van der Waals surface area contributed by atoms with Crippen LogP contribution in [-0.4, -0.2) is 15.7 Å². The molecular weight excluding hydrogens is 301 g/mol. The molecule has 114 valence electrons. The lowest BCUT2D eigenvalue weighted by atomic mass is 10.1. The Bertz CT molecular complexity index is 479. The van der Waals surface area contributed by atoms with Gasteiger partial charge in [0.25, 0.3) is 12.2 Å². The predicted octanol–water partition coefficient (Wildman–Crippen LogP) is 3.40. The Morgan fingerprint density at radius 1 is 1.15 bits per heavy atom. The summed E-state index contributed by atoms with van der Waals surface area (Å²) in [7, 11) is 0. The molecule has 2 atom stereocenters. The van der Waals surface area contributed by atoms with Crippen LogP contribution in [0.15, 0.2) is 18.2 Å². The zero-order valence-electron chi connectivity index (χ0n) is 11.0. The summed E-state index contributed by atoms with van der Waals surface area (Å²) >= 11 is -2.16. The number of rotatable bonds is 4. The molecule has 0 aliphatic carbocycles. The lowest BCUT2D eigenvalue weighted by Crippen LogP contribution is -2.52. The summed E-state index contributed by atoms with van der Waals surface area (Å²) in [6.45, 7) is 4.35. The van der Waals surface area contributed by atoms with Gasteiger partial charge in [-0.1, -0.05) is 10.8 Å². The number of benzene rings is 1. The number of hydrogen-bond donors (Lipinski definition) is 1. The molecule has 1 aromatic carbocycles. The van der Waals surface area contributed by atoms with Crippen LogP contribution in [0.5, 0.6) is 0 Å². The molecule has 0 bridgehead atoms. The largest absolute Gasteiger partial charge is 0.598 e. The summed E-state index contributed by atoms with van der Waals surface area (Å²) in [5, 5.41) is 0. The third-order valence-corrected chi connectivity index (χ3v) is 4.03. The molecule has 0 fully saturated rings. The van der Waals surface area contributed by atoms with E-state index in [1.54, 1.807) is 4.72 Å². The molecule has 0 aliphatic rings. The first kappa shape index (κ1) is 17.2. The SMILES string of the molecule is CC(C)(C)[S+]([O-])NC(F)(c1ccc(F)c(F)c1)C(F)F. The molecule has 20 heavy (non-hydrogen) atoms. The minimum Gasteiger partial charge on any atom is -0.598 e. The molecule has 0 spiro atoms. The first-order valence-electron chi connectivity index (χ1n) is 5.61. The molecule has 0 amide bonds. The van der Waals surface area contributed by atoms with Crippen LogP contribution in [-0.2, 0) is 17.2 Å². The van der Waals surface area contributed by atoms with Crippen molar-refractivity contribution in [2.45, 2.75) is 37.7 Å². The Kier molecular flexibility index (Phi) is 5.04. The molecule has 2 nitrogen and oxygen atoms in total. The molecule has 2 unspecified atom stereocenters. The molecule has 0 radical (unpaired) electrons. The number of alkyl halides is 3. The van der Waals surface area contributed by atoms with Crippen LogP contribution in [0.3, 0.4) is 0 Å². The summed E-state index contributed by atoms with van der Waals surface area (Å²) in [6.07, 6.45) is -3.61. The molecule has 1 N–H and O–H groups in total. The Hall–Kier alpha value is -0.860. The fourth-order valence-electron chi connectivity index (χ4n) is 1.24. The highest BCUT2D eigenvalue weighted by Crippen LogP contribution is 2.33. The van der Waals surface area contributed by atoms with Gasteiger partial charge in [-0.2, -0.15) is 0 Å². The number of hydrogen-bond acceptors (Lipinski definition) is 2. The average Bonchev–Trinajstić information content (AvgIpc) is 2.30. The monoisotopic (exact) mass is 315 g/mol. The van der Waals surface area contributed by atoms with Crippen LogP contribution in [0.1, 0.15) is 26.3 Å². The van der Waals surface area contributed by atoms with Crippen molar-refractivity contribution >= 4 is 11.4 Å². The lowest BCUT2D eigenvalue weighted by Gasteiger charge is -2.31. The molecule has 0 saturated carbocycles. The standard InChI is InChI=1S/C12H14F5NOS/c1-11(2,3)20(19)18-12(17,10(15)16)7-4-5-8(13)9(14)6-7/h4-6,10,18H,1-3H3. The van der Waals surface area contributed by atoms with Gasteiger partial charge in [-0.25, -0.2) is 22.0 Å². The topological polar surface area (TPSA) is 35.1 Å². The highest BCUT2D eigenvalue weighted by molar-refractivity contribution is 7.90. The molecule has 1 rings (SSSR count). The number of nitrogens with one attached hydrogen (secondary N) is 1. The predicted molar refractivity (Wildman–Crippen MR) is 66.2 cm³/mol. The van der Waals surface area contributed by atoms with Gasteiger partial charge in [0.2, 0.25) is 0 Å². The van der Waals surface area contributed by atoms with Crippen molar-refractivity contribution in [2.75, 3.05) is 0 Å². The quantitative estimate of drug-likeness (QED) is 0.525. The molecule has 0 aliphatic heterocycles. The second-order valence-corrected chi connectivity index (χ2v) is 7.09. The zero-order chi connectivity index (χ0) is 15.7. The van der Waals surface area contributed by atoms with Crippen LogP contribution in [0.4, 0.5) is 22.0 Å². The van der Waals surface area contributed by atoms with Gasteiger partial charge in [-0.05, 0) is 32.9 Å². The van der Waals surface area contributed by atoms with Crippen LogP contribution < -0.4 is 4.72 Å². The van der Waals surface area contributed by atoms with Crippen molar-refractivity contribution in [3.05, 3.63) is 35.4 Å². The van der Waals surface area contributed by atoms with Gasteiger partial charge >= 0.3 is 0 Å². The van der Waals surface area contributed by atoms with E-state index in [2.05, 4.69) is 0 Å². The fourth-order valence-corrected chi connectivity index (χ4v) is 2.02. The van der Waals surface area contributed by atoms with Crippen LogP contribution in [0, 0.1) is 11.6 Å². The van der Waals surface area contributed by atoms with E-state index < -0.39 is 45.5 Å². The fraction of sp³-hybridized carbons (Fsp3) is 0.500. The second kappa shape index (κ2) is 5.87. The van der Waals surface area contributed by atoms with Crippen molar-refractivity contribution < 1.29 is 26.5 Å². The van der Waals surface area contributed by atoms with Crippen LogP contribution in [0.25, 0.3) is 0 Å². The van der Waals surface area contributed by atoms with Gasteiger partial charge in [-0.3, -0.25) is 0 Å². The summed E-state index contributed by atoms with van der Waals surface area (Å²) in [6, 6.07) is 1.52. The van der Waals surface area contributed by atoms with Crippen molar-refractivity contribution in [1.82, 2.24) is 4.72 Å². The van der Waals surface area contributed by atoms with Crippen LogP contribution >= 0.6 is 0 Å². The molecule has 8 heteroatoms. The summed E-state index contributed by atoms with van der Waals surface area (Å²) < 4.78 is 78.6. The minimum atomic E-state index is -3.61. The van der Waals surface area contributed by atoms with E-state index >= 15 is 0 Å². The molecule has 0 aromatic heterocycles. The van der Waals surface area contributed by atoms with Gasteiger partial charge < -0.3 is 4.55 Å². The molecular formula is C12H14F5NOS. The third-order valence-electron chi connectivity index (χ3n) is 2.44. The highest BCUT2D eigenvalue weighted by Gasteiger charge is 2.49. The maximum atomic E-state index is 14.4. The van der Waals surface area contributed by atoms with E-state index in [1.807, 2.05) is 0 Å². The van der Waals surface area contributed by atoms with E-state index in [0.29, 0.717) is 18.2 Å². The first-order chi connectivity index (χ1) is 8.98. The van der Waals surface area contributed by atoms with E-state index in [4.69, 9.17) is 0 Å². The normalized spacial score (nSPS) is 17.1. The van der Waals surface area contributed by atoms with Gasteiger partial charge in [-0.15, -0.1) is 0 Å². The van der Waals surface area contributed by atoms with Crippen LogP contribution in [0.2, 0.25) is 0 Å². The Labute approximate surface area is 116 Å². The highest BCUT2D eigenvalue weighted by atomic mass is 32.2. The van der Waals surface area contributed by atoms with Crippen molar-refractivity contribution in [3.63, 3.8) is 0 Å². The van der Waals surface area contributed by atoms with E-state index in [-0.39, 0.29) is 0 Å². The van der Waals surface area contributed by atoms with Crippen molar-refractivity contribution in [1.29, 1.82) is 0 Å². The van der Waals surface area contributed by atoms with Crippen molar-refractivity contribution in [3.8, 4) is 0 Å². The molecule has 1 aromatic rings. The number of halogens is 5. The lowest BCUT2D eigenvalue weighted by molar-refractivity contribution is -0.0479. The van der Waals surface area contributed by atoms with Gasteiger partial charge in [0.15, 0.2) is 11.6 Å².